The van der Waals surface area contributed by atoms with E-state index in [-0.39, 0.29) is 17.3 Å². The molecule has 0 unspecified atom stereocenters. The van der Waals surface area contributed by atoms with Crippen molar-refractivity contribution in [3.05, 3.63) is 33.0 Å². The summed E-state index contributed by atoms with van der Waals surface area (Å²) in [6.45, 7) is 5.78. The van der Waals surface area contributed by atoms with E-state index in [1.807, 2.05) is 20.8 Å². The van der Waals surface area contributed by atoms with Crippen molar-refractivity contribution >= 4 is 29.2 Å². The van der Waals surface area contributed by atoms with Gasteiger partial charge in [-0.1, -0.05) is 25.4 Å². The molecule has 0 aliphatic rings. The second-order valence-corrected chi connectivity index (χ2v) is 5.87. The second-order valence-electron chi connectivity index (χ2n) is 4.53. The van der Waals surface area contributed by atoms with E-state index in [1.165, 1.54) is 17.8 Å². The number of anilines is 1. The summed E-state index contributed by atoms with van der Waals surface area (Å²) in [6.07, 6.45) is 0. The number of aromatic nitrogens is 4. The molecule has 0 saturated heterocycles. The molecule has 3 N–H and O–H groups in total. The average molecular weight is 312 g/mol. The highest BCUT2D eigenvalue weighted by Crippen LogP contribution is 2.30. The van der Waals surface area contributed by atoms with Crippen molar-refractivity contribution < 1.29 is 0 Å². The van der Waals surface area contributed by atoms with Crippen molar-refractivity contribution in [3.63, 3.8) is 0 Å². The third-order valence-corrected chi connectivity index (χ3v) is 3.85. The van der Waals surface area contributed by atoms with E-state index in [0.29, 0.717) is 21.2 Å². The Bertz CT molecular complexity index is 701. The van der Waals surface area contributed by atoms with Gasteiger partial charge in [0, 0.05) is 17.5 Å². The number of nitrogen functional groups attached to an aromatic ring is 1. The van der Waals surface area contributed by atoms with Crippen molar-refractivity contribution in [1.82, 2.24) is 19.9 Å². The van der Waals surface area contributed by atoms with Gasteiger partial charge in [0.05, 0.1) is 0 Å². The summed E-state index contributed by atoms with van der Waals surface area (Å²) in [5.41, 5.74) is 5.99. The van der Waals surface area contributed by atoms with Crippen molar-refractivity contribution in [3.8, 4) is 0 Å². The van der Waals surface area contributed by atoms with Gasteiger partial charge in [-0.25, -0.2) is 15.0 Å². The monoisotopic (exact) mass is 311 g/mol. The molecular formula is C12H14ClN5OS. The van der Waals surface area contributed by atoms with E-state index in [0.717, 1.165) is 5.56 Å². The van der Waals surface area contributed by atoms with Gasteiger partial charge in [-0.3, -0.25) is 4.79 Å². The number of halogens is 1. The largest absolute Gasteiger partial charge is 0.383 e. The zero-order valence-corrected chi connectivity index (χ0v) is 12.8. The van der Waals surface area contributed by atoms with E-state index in [9.17, 15) is 4.79 Å². The summed E-state index contributed by atoms with van der Waals surface area (Å²) in [5, 5.41) is 1.43. The molecule has 106 valence electrons. The number of hydrogen-bond donors (Lipinski definition) is 2. The molecule has 2 heterocycles. The zero-order valence-electron chi connectivity index (χ0n) is 11.3. The van der Waals surface area contributed by atoms with Crippen LogP contribution < -0.4 is 11.3 Å². The van der Waals surface area contributed by atoms with E-state index in [1.54, 1.807) is 0 Å². The molecular weight excluding hydrogens is 298 g/mol. The molecule has 0 atom stereocenters. The number of nitrogens with one attached hydrogen (secondary N) is 1. The first-order valence-electron chi connectivity index (χ1n) is 5.95. The number of rotatable bonds is 3. The molecule has 0 spiro atoms. The molecule has 2 rings (SSSR count). The van der Waals surface area contributed by atoms with E-state index in [2.05, 4.69) is 19.9 Å². The van der Waals surface area contributed by atoms with Crippen LogP contribution >= 0.6 is 23.4 Å². The van der Waals surface area contributed by atoms with Gasteiger partial charge in [0.2, 0.25) is 0 Å². The molecule has 8 heteroatoms. The Balaban J connectivity index is 2.44. The normalized spacial score (nSPS) is 11.1. The highest BCUT2D eigenvalue weighted by Gasteiger charge is 2.14. The molecule has 0 radical (unpaired) electrons. The maximum atomic E-state index is 11.4. The number of hydrogen-bond acceptors (Lipinski definition) is 6. The Hall–Kier alpha value is -1.60. The summed E-state index contributed by atoms with van der Waals surface area (Å²) >= 11 is 7.32. The molecule has 2 aromatic rings. The zero-order chi connectivity index (χ0) is 14.9. The van der Waals surface area contributed by atoms with Gasteiger partial charge < -0.3 is 10.7 Å². The molecule has 0 aliphatic heterocycles. The molecule has 6 nitrogen and oxygen atoms in total. The Kier molecular flexibility index (Phi) is 4.29. The average Bonchev–Trinajstić information content (AvgIpc) is 2.33. The quantitative estimate of drug-likeness (QED) is 0.667. The molecule has 0 aromatic carbocycles. The number of nitrogens with zero attached hydrogens (tertiary/aromatic N) is 3. The summed E-state index contributed by atoms with van der Waals surface area (Å²) in [7, 11) is 0. The molecule has 0 fully saturated rings. The fourth-order valence-electron chi connectivity index (χ4n) is 1.44. The first-order valence-corrected chi connectivity index (χ1v) is 7.15. The lowest BCUT2D eigenvalue weighted by molar-refractivity contribution is 0.746. The predicted octanol–water partition coefficient (Wildman–Crippen LogP) is 2.38. The topological polar surface area (TPSA) is 97.5 Å². The van der Waals surface area contributed by atoms with Gasteiger partial charge in [-0.2, -0.15) is 0 Å². The van der Waals surface area contributed by atoms with Gasteiger partial charge in [-0.15, -0.1) is 0 Å². The van der Waals surface area contributed by atoms with Gasteiger partial charge in [0.25, 0.3) is 5.56 Å². The van der Waals surface area contributed by atoms with Crippen LogP contribution in [0.3, 0.4) is 0 Å². The minimum absolute atomic E-state index is 0.153. The van der Waals surface area contributed by atoms with Crippen LogP contribution in [0.1, 0.15) is 31.2 Å². The van der Waals surface area contributed by atoms with Gasteiger partial charge in [0.1, 0.15) is 21.8 Å². The molecule has 2 aromatic heterocycles. The van der Waals surface area contributed by atoms with Crippen molar-refractivity contribution in [2.45, 2.75) is 36.9 Å². The van der Waals surface area contributed by atoms with E-state index < -0.39 is 0 Å². The molecule has 0 saturated carbocycles. The number of H-pyrrole nitrogens is 1. The number of aromatic amines is 1. The van der Waals surface area contributed by atoms with E-state index >= 15 is 0 Å². The van der Waals surface area contributed by atoms with Crippen LogP contribution in [0.5, 0.6) is 0 Å². The fourth-order valence-corrected chi connectivity index (χ4v) is 2.54. The van der Waals surface area contributed by atoms with Crippen LogP contribution in [0, 0.1) is 6.92 Å². The lowest BCUT2D eigenvalue weighted by Crippen LogP contribution is -2.10. The van der Waals surface area contributed by atoms with Crippen molar-refractivity contribution in [2.75, 3.05) is 5.73 Å². The lowest BCUT2D eigenvalue weighted by Gasteiger charge is -2.10. The Morgan fingerprint density at radius 2 is 2.05 bits per heavy atom. The molecule has 0 bridgehead atoms. The first kappa shape index (κ1) is 14.8. The fraction of sp³-hybridized carbons (Fsp3) is 0.333. The van der Waals surface area contributed by atoms with Gasteiger partial charge in [-0.05, 0) is 18.7 Å². The predicted molar refractivity (Wildman–Crippen MR) is 79.3 cm³/mol. The summed E-state index contributed by atoms with van der Waals surface area (Å²) in [5.74, 6) is 0.966. The van der Waals surface area contributed by atoms with Crippen LogP contribution in [0.2, 0.25) is 5.15 Å². The Labute approximate surface area is 125 Å². The standard InChI is InChI=1S/C12H14ClN5OS/c1-5(2)10-17-9(13)6(3)11(18-10)20-12-15-7(14)4-8(19)16-12/h4-5H,1-3H3,(H3,14,15,16,19). The van der Waals surface area contributed by atoms with Gasteiger partial charge >= 0.3 is 0 Å². The van der Waals surface area contributed by atoms with Crippen molar-refractivity contribution in [1.29, 1.82) is 0 Å². The molecule has 0 amide bonds. The minimum atomic E-state index is -0.304. The summed E-state index contributed by atoms with van der Waals surface area (Å²) < 4.78 is 0. The minimum Gasteiger partial charge on any atom is -0.383 e. The molecule has 0 aliphatic carbocycles. The first-order chi connectivity index (χ1) is 9.36. The number of nitrogens with two attached hydrogens (primary N) is 1. The Morgan fingerprint density at radius 3 is 2.65 bits per heavy atom. The lowest BCUT2D eigenvalue weighted by atomic mass is 10.2. The highest BCUT2D eigenvalue weighted by molar-refractivity contribution is 7.99. The van der Waals surface area contributed by atoms with Gasteiger partial charge in [0.15, 0.2) is 5.16 Å². The smallest absolute Gasteiger partial charge is 0.253 e. The third-order valence-electron chi connectivity index (χ3n) is 2.51. The summed E-state index contributed by atoms with van der Waals surface area (Å²) in [4.78, 5) is 26.7. The van der Waals surface area contributed by atoms with Crippen LogP contribution in [0.15, 0.2) is 21.0 Å². The molecule has 20 heavy (non-hydrogen) atoms. The third kappa shape index (κ3) is 3.29. The van der Waals surface area contributed by atoms with Crippen LogP contribution in [-0.4, -0.2) is 19.9 Å². The maximum Gasteiger partial charge on any atom is 0.253 e. The van der Waals surface area contributed by atoms with Crippen LogP contribution in [-0.2, 0) is 0 Å². The Morgan fingerprint density at radius 1 is 1.35 bits per heavy atom. The van der Waals surface area contributed by atoms with Crippen LogP contribution in [0.4, 0.5) is 5.82 Å². The van der Waals surface area contributed by atoms with Crippen molar-refractivity contribution in [2.24, 2.45) is 0 Å². The van der Waals surface area contributed by atoms with Crippen LogP contribution in [0.25, 0.3) is 0 Å². The summed E-state index contributed by atoms with van der Waals surface area (Å²) in [6, 6.07) is 1.23. The second kappa shape index (κ2) is 5.80. The highest BCUT2D eigenvalue weighted by atomic mass is 35.5. The van der Waals surface area contributed by atoms with E-state index in [4.69, 9.17) is 17.3 Å². The SMILES string of the molecule is Cc1c(Cl)nc(C(C)C)nc1Sc1nc(N)cc(=O)[nH]1. The maximum absolute atomic E-state index is 11.4.